The van der Waals surface area contributed by atoms with E-state index in [1.807, 2.05) is 0 Å². The molecule has 106 valence electrons. The fourth-order valence-corrected chi connectivity index (χ4v) is 2.81. The molecule has 2 aromatic carbocycles. The molecule has 0 fully saturated rings. The molecule has 2 rings (SSSR count). The fraction of sp³-hybridized carbons (Fsp3) is 0.333. The van der Waals surface area contributed by atoms with Gasteiger partial charge in [-0.05, 0) is 71.2 Å². The molecule has 0 saturated carbocycles. The monoisotopic (exact) mass is 379 g/mol. The van der Waals surface area contributed by atoms with Crippen LogP contribution in [0.5, 0.6) is 0 Å². The van der Waals surface area contributed by atoms with E-state index in [0.29, 0.717) is 6.04 Å². The zero-order valence-electron chi connectivity index (χ0n) is 12.4. The summed E-state index contributed by atoms with van der Waals surface area (Å²) in [6.07, 6.45) is 2.18. The third-order valence-electron chi connectivity index (χ3n) is 3.71. The maximum atomic E-state index is 3.65. The van der Waals surface area contributed by atoms with Crippen molar-refractivity contribution in [2.24, 2.45) is 0 Å². The predicted octanol–water partition coefficient (Wildman–Crippen LogP) is 5.73. The van der Waals surface area contributed by atoms with Crippen LogP contribution in [-0.4, -0.2) is 0 Å². The zero-order valence-corrected chi connectivity index (χ0v) is 14.6. The number of hydrogen-bond acceptors (Lipinski definition) is 1. The Labute approximate surface area is 135 Å². The maximum Gasteiger partial charge on any atom is 0.0511 e. The van der Waals surface area contributed by atoms with Crippen LogP contribution in [0.15, 0.2) is 42.5 Å². The molecule has 1 unspecified atom stereocenters. The minimum Gasteiger partial charge on any atom is -0.378 e. The first-order valence-electron chi connectivity index (χ1n) is 7.25. The van der Waals surface area contributed by atoms with Crippen molar-refractivity contribution in [3.05, 3.63) is 62.7 Å². The summed E-state index contributed by atoms with van der Waals surface area (Å²) in [7, 11) is 0. The van der Waals surface area contributed by atoms with E-state index in [1.165, 1.54) is 25.9 Å². The van der Waals surface area contributed by atoms with Crippen LogP contribution in [0.2, 0.25) is 0 Å². The minimum atomic E-state index is 0.374. The minimum absolute atomic E-state index is 0.374. The SMILES string of the molecule is CCc1ccc(C(CC)Nc2ccc(C)c(I)c2)cc1. The zero-order chi connectivity index (χ0) is 14.5. The van der Waals surface area contributed by atoms with Crippen LogP contribution in [0.4, 0.5) is 5.69 Å². The van der Waals surface area contributed by atoms with E-state index in [2.05, 4.69) is 91.1 Å². The summed E-state index contributed by atoms with van der Waals surface area (Å²) in [6, 6.07) is 15.9. The second-order valence-corrected chi connectivity index (χ2v) is 6.33. The van der Waals surface area contributed by atoms with E-state index >= 15 is 0 Å². The summed E-state index contributed by atoms with van der Waals surface area (Å²) < 4.78 is 1.31. The molecule has 0 spiro atoms. The lowest BCUT2D eigenvalue weighted by Crippen LogP contribution is -2.10. The average molecular weight is 379 g/mol. The lowest BCUT2D eigenvalue weighted by atomic mass is 10.0. The molecule has 1 atom stereocenters. The number of nitrogens with one attached hydrogen (secondary N) is 1. The van der Waals surface area contributed by atoms with E-state index < -0.39 is 0 Å². The van der Waals surface area contributed by atoms with Crippen molar-refractivity contribution in [2.75, 3.05) is 5.32 Å². The highest BCUT2D eigenvalue weighted by molar-refractivity contribution is 14.1. The largest absolute Gasteiger partial charge is 0.378 e. The standard InChI is InChI=1S/C18H22IN/c1-4-14-7-9-15(10-8-14)18(5-2)20-16-11-6-13(3)17(19)12-16/h6-12,18,20H,4-5H2,1-3H3. The van der Waals surface area contributed by atoms with E-state index in [1.54, 1.807) is 0 Å². The lowest BCUT2D eigenvalue weighted by molar-refractivity contribution is 0.748. The van der Waals surface area contributed by atoms with Gasteiger partial charge in [0, 0.05) is 9.26 Å². The van der Waals surface area contributed by atoms with Gasteiger partial charge in [-0.15, -0.1) is 0 Å². The Kier molecular flexibility index (Phi) is 5.46. The molecule has 0 aromatic heterocycles. The number of benzene rings is 2. The first-order valence-corrected chi connectivity index (χ1v) is 8.33. The molecule has 2 aromatic rings. The van der Waals surface area contributed by atoms with Crippen LogP contribution in [0.25, 0.3) is 0 Å². The summed E-state index contributed by atoms with van der Waals surface area (Å²) in [5.74, 6) is 0. The second kappa shape index (κ2) is 7.11. The molecule has 0 amide bonds. The van der Waals surface area contributed by atoms with E-state index in [9.17, 15) is 0 Å². The van der Waals surface area contributed by atoms with Gasteiger partial charge in [0.2, 0.25) is 0 Å². The summed E-state index contributed by atoms with van der Waals surface area (Å²) in [5.41, 5.74) is 5.29. The van der Waals surface area contributed by atoms with Gasteiger partial charge >= 0.3 is 0 Å². The van der Waals surface area contributed by atoms with Gasteiger partial charge in [0.05, 0.1) is 6.04 Å². The number of aryl methyl sites for hydroxylation is 2. The molecule has 0 aliphatic carbocycles. The van der Waals surface area contributed by atoms with Crippen molar-refractivity contribution < 1.29 is 0 Å². The van der Waals surface area contributed by atoms with Crippen LogP contribution >= 0.6 is 22.6 Å². The molecule has 0 radical (unpaired) electrons. The van der Waals surface area contributed by atoms with Crippen LogP contribution in [0, 0.1) is 10.5 Å². The molecule has 2 heteroatoms. The van der Waals surface area contributed by atoms with Crippen molar-refractivity contribution in [2.45, 2.75) is 39.7 Å². The third-order valence-corrected chi connectivity index (χ3v) is 4.87. The van der Waals surface area contributed by atoms with Gasteiger partial charge in [-0.3, -0.25) is 0 Å². The normalized spacial score (nSPS) is 12.2. The molecule has 0 aliphatic rings. The first kappa shape index (κ1) is 15.4. The predicted molar refractivity (Wildman–Crippen MR) is 96.4 cm³/mol. The second-order valence-electron chi connectivity index (χ2n) is 5.16. The van der Waals surface area contributed by atoms with Crippen LogP contribution in [-0.2, 0) is 6.42 Å². The highest BCUT2D eigenvalue weighted by Gasteiger charge is 2.09. The molecule has 0 heterocycles. The Morgan fingerprint density at radius 1 is 1.05 bits per heavy atom. The molecular weight excluding hydrogens is 357 g/mol. The highest BCUT2D eigenvalue weighted by atomic mass is 127. The average Bonchev–Trinajstić information content (AvgIpc) is 2.48. The summed E-state index contributed by atoms with van der Waals surface area (Å²) in [6.45, 7) is 6.57. The molecular formula is C18H22IN. The number of anilines is 1. The van der Waals surface area contributed by atoms with Crippen molar-refractivity contribution in [3.63, 3.8) is 0 Å². The number of rotatable bonds is 5. The molecule has 0 aliphatic heterocycles. The topological polar surface area (TPSA) is 12.0 Å². The first-order chi connectivity index (χ1) is 9.63. The van der Waals surface area contributed by atoms with Crippen molar-refractivity contribution >= 4 is 28.3 Å². The Morgan fingerprint density at radius 2 is 1.75 bits per heavy atom. The molecule has 20 heavy (non-hydrogen) atoms. The van der Waals surface area contributed by atoms with Crippen molar-refractivity contribution in [3.8, 4) is 0 Å². The van der Waals surface area contributed by atoms with Gasteiger partial charge in [0.1, 0.15) is 0 Å². The van der Waals surface area contributed by atoms with E-state index in [4.69, 9.17) is 0 Å². The summed E-state index contributed by atoms with van der Waals surface area (Å²) >= 11 is 2.39. The van der Waals surface area contributed by atoms with Gasteiger partial charge in [-0.25, -0.2) is 0 Å². The highest BCUT2D eigenvalue weighted by Crippen LogP contribution is 2.25. The Bertz CT molecular complexity index is 560. The number of halogens is 1. The molecule has 1 nitrogen and oxygen atoms in total. The maximum absolute atomic E-state index is 3.65. The van der Waals surface area contributed by atoms with Gasteiger partial charge in [0.25, 0.3) is 0 Å². The van der Waals surface area contributed by atoms with Gasteiger partial charge in [-0.1, -0.05) is 44.2 Å². The molecule has 1 N–H and O–H groups in total. The lowest BCUT2D eigenvalue weighted by Gasteiger charge is -2.19. The van der Waals surface area contributed by atoms with E-state index in [0.717, 1.165) is 12.8 Å². The van der Waals surface area contributed by atoms with Gasteiger partial charge < -0.3 is 5.32 Å². The van der Waals surface area contributed by atoms with Gasteiger partial charge in [-0.2, -0.15) is 0 Å². The van der Waals surface area contributed by atoms with Crippen LogP contribution < -0.4 is 5.32 Å². The molecule has 0 bridgehead atoms. The Morgan fingerprint density at radius 3 is 2.30 bits per heavy atom. The quantitative estimate of drug-likeness (QED) is 0.655. The Hall–Kier alpha value is -1.03. The third kappa shape index (κ3) is 3.75. The van der Waals surface area contributed by atoms with Crippen LogP contribution in [0.3, 0.4) is 0 Å². The number of hydrogen-bond donors (Lipinski definition) is 1. The fourth-order valence-electron chi connectivity index (χ4n) is 2.29. The van der Waals surface area contributed by atoms with Crippen molar-refractivity contribution in [1.82, 2.24) is 0 Å². The smallest absolute Gasteiger partial charge is 0.0511 e. The summed E-state index contributed by atoms with van der Waals surface area (Å²) in [4.78, 5) is 0. The Balaban J connectivity index is 2.16. The van der Waals surface area contributed by atoms with E-state index in [-0.39, 0.29) is 0 Å². The molecule has 0 saturated heterocycles. The van der Waals surface area contributed by atoms with Gasteiger partial charge in [0.15, 0.2) is 0 Å². The van der Waals surface area contributed by atoms with Crippen LogP contribution in [0.1, 0.15) is 43.0 Å². The van der Waals surface area contributed by atoms with Crippen molar-refractivity contribution in [1.29, 1.82) is 0 Å². The summed E-state index contributed by atoms with van der Waals surface area (Å²) in [5, 5.41) is 3.65.